The maximum Gasteiger partial charge on any atom is 0.310 e. The minimum absolute atomic E-state index is 0.496. The normalized spacial score (nSPS) is 17.2. The molecule has 112 valence electrons. The third-order valence-electron chi connectivity index (χ3n) is 4.69. The lowest BCUT2D eigenvalue weighted by atomic mass is 9.82. The van der Waals surface area contributed by atoms with E-state index >= 15 is 0 Å². The standard InChI is InChI=1S/C16H20N2O3/c1-18-13-6-5-11(21-2)9-12(13)17-14(18)10-16(15(19)20)7-3-4-8-16/h5-6,9H,3-4,7-8,10H2,1-2H3,(H,19,20). The van der Waals surface area contributed by atoms with Crippen molar-refractivity contribution in [2.45, 2.75) is 32.1 Å². The topological polar surface area (TPSA) is 64.3 Å². The summed E-state index contributed by atoms with van der Waals surface area (Å²) in [5, 5.41) is 9.62. The first-order valence-electron chi connectivity index (χ1n) is 7.28. The van der Waals surface area contributed by atoms with Gasteiger partial charge in [-0.25, -0.2) is 4.98 Å². The highest BCUT2D eigenvalue weighted by atomic mass is 16.5. The number of rotatable bonds is 4. The van der Waals surface area contributed by atoms with Gasteiger partial charge in [-0.05, 0) is 25.0 Å². The maximum atomic E-state index is 11.7. The van der Waals surface area contributed by atoms with Crippen LogP contribution in [0.3, 0.4) is 0 Å². The summed E-state index contributed by atoms with van der Waals surface area (Å²) in [5.41, 5.74) is 1.22. The molecule has 0 aliphatic heterocycles. The molecule has 21 heavy (non-hydrogen) atoms. The molecule has 1 aromatic carbocycles. The van der Waals surface area contributed by atoms with Crippen LogP contribution in [0.5, 0.6) is 5.75 Å². The highest BCUT2D eigenvalue weighted by Gasteiger charge is 2.42. The number of carboxylic acids is 1. The summed E-state index contributed by atoms with van der Waals surface area (Å²) in [5.74, 6) is 0.910. The zero-order valence-corrected chi connectivity index (χ0v) is 12.4. The van der Waals surface area contributed by atoms with Crippen LogP contribution in [0.4, 0.5) is 0 Å². The molecule has 1 N–H and O–H groups in total. The zero-order valence-electron chi connectivity index (χ0n) is 12.4. The van der Waals surface area contributed by atoms with Gasteiger partial charge in [0.15, 0.2) is 0 Å². The fourth-order valence-corrected chi connectivity index (χ4v) is 3.34. The molecule has 1 heterocycles. The van der Waals surface area contributed by atoms with E-state index in [2.05, 4.69) is 4.98 Å². The molecule has 0 amide bonds. The van der Waals surface area contributed by atoms with Crippen molar-refractivity contribution in [3.05, 3.63) is 24.0 Å². The molecular formula is C16H20N2O3. The van der Waals surface area contributed by atoms with Crippen molar-refractivity contribution in [3.63, 3.8) is 0 Å². The SMILES string of the molecule is COc1ccc2c(c1)nc(CC1(C(=O)O)CCCC1)n2C. The number of carbonyl (C=O) groups is 1. The predicted octanol–water partition coefficient (Wildman–Crippen LogP) is 2.77. The van der Waals surface area contributed by atoms with Gasteiger partial charge in [0.2, 0.25) is 0 Å². The highest BCUT2D eigenvalue weighted by Crippen LogP contribution is 2.41. The Morgan fingerprint density at radius 3 is 2.76 bits per heavy atom. The molecular weight excluding hydrogens is 268 g/mol. The number of nitrogens with zero attached hydrogens (tertiary/aromatic N) is 2. The molecule has 1 aliphatic carbocycles. The molecule has 5 nitrogen and oxygen atoms in total. The highest BCUT2D eigenvalue weighted by molar-refractivity contribution is 5.79. The summed E-state index contributed by atoms with van der Waals surface area (Å²) >= 11 is 0. The molecule has 0 atom stereocenters. The number of hydrogen-bond donors (Lipinski definition) is 1. The van der Waals surface area contributed by atoms with Gasteiger partial charge >= 0.3 is 5.97 Å². The van der Waals surface area contributed by atoms with Crippen LogP contribution < -0.4 is 4.74 Å². The van der Waals surface area contributed by atoms with E-state index in [1.807, 2.05) is 29.8 Å². The van der Waals surface area contributed by atoms with Gasteiger partial charge in [0.1, 0.15) is 11.6 Å². The van der Waals surface area contributed by atoms with Crippen molar-refractivity contribution in [2.24, 2.45) is 12.5 Å². The van der Waals surface area contributed by atoms with Crippen LogP contribution in [0.1, 0.15) is 31.5 Å². The van der Waals surface area contributed by atoms with E-state index in [1.165, 1.54) is 0 Å². The van der Waals surface area contributed by atoms with E-state index in [9.17, 15) is 9.90 Å². The van der Waals surface area contributed by atoms with Crippen LogP contribution in [-0.4, -0.2) is 27.7 Å². The second kappa shape index (κ2) is 5.06. The number of aliphatic carboxylic acids is 1. The van der Waals surface area contributed by atoms with Crippen LogP contribution in [-0.2, 0) is 18.3 Å². The van der Waals surface area contributed by atoms with E-state index < -0.39 is 11.4 Å². The van der Waals surface area contributed by atoms with Crippen LogP contribution in [0.25, 0.3) is 11.0 Å². The second-order valence-corrected chi connectivity index (χ2v) is 5.91. The van der Waals surface area contributed by atoms with Crippen LogP contribution >= 0.6 is 0 Å². The number of ether oxygens (including phenoxy) is 1. The fraction of sp³-hybridized carbons (Fsp3) is 0.500. The van der Waals surface area contributed by atoms with Gasteiger partial charge in [0.05, 0.1) is 23.6 Å². The molecule has 3 rings (SSSR count). The number of methoxy groups -OCH3 is 1. The number of hydrogen-bond acceptors (Lipinski definition) is 3. The van der Waals surface area contributed by atoms with Gasteiger partial charge < -0.3 is 14.4 Å². The quantitative estimate of drug-likeness (QED) is 0.939. The Morgan fingerprint density at radius 2 is 2.14 bits per heavy atom. The molecule has 1 aliphatic rings. The third-order valence-corrected chi connectivity index (χ3v) is 4.69. The minimum atomic E-state index is -0.690. The molecule has 1 saturated carbocycles. The van der Waals surface area contributed by atoms with E-state index in [0.717, 1.165) is 48.3 Å². The van der Waals surface area contributed by atoms with E-state index in [0.29, 0.717) is 6.42 Å². The van der Waals surface area contributed by atoms with E-state index in [1.54, 1.807) is 7.11 Å². The Hall–Kier alpha value is -2.04. The molecule has 0 bridgehead atoms. The van der Waals surface area contributed by atoms with Crippen molar-refractivity contribution in [3.8, 4) is 5.75 Å². The van der Waals surface area contributed by atoms with Gasteiger partial charge in [-0.1, -0.05) is 12.8 Å². The monoisotopic (exact) mass is 288 g/mol. The Balaban J connectivity index is 2.00. The summed E-state index contributed by atoms with van der Waals surface area (Å²) in [6.07, 6.45) is 3.97. The summed E-state index contributed by atoms with van der Waals surface area (Å²) < 4.78 is 7.22. The minimum Gasteiger partial charge on any atom is -0.497 e. The molecule has 0 spiro atoms. The average molecular weight is 288 g/mol. The first-order valence-corrected chi connectivity index (χ1v) is 7.28. The zero-order chi connectivity index (χ0) is 15.0. The van der Waals surface area contributed by atoms with Gasteiger partial charge in [-0.2, -0.15) is 0 Å². The summed E-state index contributed by atoms with van der Waals surface area (Å²) in [6, 6.07) is 5.75. The van der Waals surface area contributed by atoms with Crippen molar-refractivity contribution < 1.29 is 14.6 Å². The first-order chi connectivity index (χ1) is 10.1. The van der Waals surface area contributed by atoms with Crippen LogP contribution in [0, 0.1) is 5.41 Å². The lowest BCUT2D eigenvalue weighted by molar-refractivity contribution is -0.148. The molecule has 1 aromatic heterocycles. The van der Waals surface area contributed by atoms with Gasteiger partial charge in [0, 0.05) is 19.5 Å². The number of fused-ring (bicyclic) bond motifs is 1. The lowest BCUT2D eigenvalue weighted by Gasteiger charge is -2.23. The second-order valence-electron chi connectivity index (χ2n) is 5.91. The van der Waals surface area contributed by atoms with Crippen molar-refractivity contribution >= 4 is 17.0 Å². The summed E-state index contributed by atoms with van der Waals surface area (Å²) in [4.78, 5) is 16.3. The molecule has 5 heteroatoms. The van der Waals surface area contributed by atoms with Crippen LogP contribution in [0.2, 0.25) is 0 Å². The largest absolute Gasteiger partial charge is 0.497 e. The predicted molar refractivity (Wildman–Crippen MR) is 79.5 cm³/mol. The molecule has 0 radical (unpaired) electrons. The Morgan fingerprint density at radius 1 is 1.43 bits per heavy atom. The van der Waals surface area contributed by atoms with Crippen LogP contribution in [0.15, 0.2) is 18.2 Å². The van der Waals surface area contributed by atoms with Gasteiger partial charge in [0.25, 0.3) is 0 Å². The third kappa shape index (κ3) is 2.26. The average Bonchev–Trinajstić information content (AvgIpc) is 3.06. The summed E-state index contributed by atoms with van der Waals surface area (Å²) in [7, 11) is 3.57. The lowest BCUT2D eigenvalue weighted by Crippen LogP contribution is -2.31. The molecule has 0 unspecified atom stereocenters. The van der Waals surface area contributed by atoms with Crippen molar-refractivity contribution in [2.75, 3.05) is 7.11 Å². The van der Waals surface area contributed by atoms with E-state index in [-0.39, 0.29) is 0 Å². The first kappa shape index (κ1) is 13.9. The van der Waals surface area contributed by atoms with Crippen molar-refractivity contribution in [1.82, 2.24) is 9.55 Å². The number of aromatic nitrogens is 2. The van der Waals surface area contributed by atoms with Gasteiger partial charge in [-0.3, -0.25) is 4.79 Å². The van der Waals surface area contributed by atoms with Crippen molar-refractivity contribution in [1.29, 1.82) is 0 Å². The maximum absolute atomic E-state index is 11.7. The molecule has 2 aromatic rings. The number of imidazole rings is 1. The smallest absolute Gasteiger partial charge is 0.310 e. The number of carboxylic acid groups (broad SMARTS) is 1. The Labute approximate surface area is 123 Å². The summed E-state index contributed by atoms with van der Waals surface area (Å²) in [6.45, 7) is 0. The Kier molecular flexibility index (Phi) is 3.35. The molecule has 0 saturated heterocycles. The Bertz CT molecular complexity index is 684. The fourth-order valence-electron chi connectivity index (χ4n) is 3.34. The van der Waals surface area contributed by atoms with Gasteiger partial charge in [-0.15, -0.1) is 0 Å². The molecule has 1 fully saturated rings. The van der Waals surface area contributed by atoms with E-state index in [4.69, 9.17) is 4.74 Å². The number of benzene rings is 1. The number of aryl methyl sites for hydroxylation is 1.